The second-order valence-corrected chi connectivity index (χ2v) is 6.25. The standard InChI is InChI=1S/C13H13NO3S2/c1-13(2,12(16)17)9(11(15)18)10-14-7-5-3-4-6-8(7)19-10/h3-6,9H,1-2H3,(H,15,18)(H,16,17)/p-2. The molecule has 0 aliphatic rings. The minimum Gasteiger partial charge on any atom is -0.741 e. The van der Waals surface area contributed by atoms with Gasteiger partial charge in [0.05, 0.1) is 16.1 Å². The number of aromatic nitrogens is 1. The van der Waals surface area contributed by atoms with Crippen LogP contribution < -0.4 is 5.11 Å². The summed E-state index contributed by atoms with van der Waals surface area (Å²) < 4.78 is 0.896. The third kappa shape index (κ3) is 2.46. The van der Waals surface area contributed by atoms with Crippen LogP contribution in [0.1, 0.15) is 24.8 Å². The first kappa shape index (κ1) is 13.9. The van der Waals surface area contributed by atoms with Gasteiger partial charge in [0.15, 0.2) is 0 Å². The second-order valence-electron chi connectivity index (χ2n) is 4.78. The van der Waals surface area contributed by atoms with Gasteiger partial charge in [0, 0.05) is 16.5 Å². The molecule has 6 heteroatoms. The summed E-state index contributed by atoms with van der Waals surface area (Å²) in [5.41, 5.74) is -0.648. The molecule has 0 aliphatic heterocycles. The summed E-state index contributed by atoms with van der Waals surface area (Å²) in [7, 11) is 0. The summed E-state index contributed by atoms with van der Waals surface area (Å²) in [5, 5.41) is 11.0. The highest BCUT2D eigenvalue weighted by Crippen LogP contribution is 2.39. The Labute approximate surface area is 119 Å². The Balaban J connectivity index is 2.56. The van der Waals surface area contributed by atoms with Crippen molar-refractivity contribution < 1.29 is 14.7 Å². The van der Waals surface area contributed by atoms with E-state index in [9.17, 15) is 14.7 Å². The number of rotatable bonds is 4. The van der Waals surface area contributed by atoms with Gasteiger partial charge >= 0.3 is 0 Å². The first-order chi connectivity index (χ1) is 8.84. The molecule has 0 aliphatic carbocycles. The topological polar surface area (TPSA) is 70.1 Å². The van der Waals surface area contributed by atoms with Crippen LogP contribution >= 0.6 is 11.3 Å². The number of aliphatic carboxylic acids is 1. The SMILES string of the molecule is CC(C)(C(=O)[O-])C(C(=O)[S-])c1nc2ccccc2s1. The minimum atomic E-state index is -1.38. The van der Waals surface area contributed by atoms with Crippen molar-refractivity contribution in [3.05, 3.63) is 29.3 Å². The van der Waals surface area contributed by atoms with E-state index in [0.29, 0.717) is 5.01 Å². The van der Waals surface area contributed by atoms with Gasteiger partial charge in [-0.2, -0.15) is 0 Å². The summed E-state index contributed by atoms with van der Waals surface area (Å²) in [4.78, 5) is 27.2. The average molecular weight is 293 g/mol. The van der Waals surface area contributed by atoms with E-state index < -0.39 is 22.4 Å². The molecule has 2 rings (SSSR count). The van der Waals surface area contributed by atoms with Crippen molar-refractivity contribution in [2.45, 2.75) is 19.8 Å². The van der Waals surface area contributed by atoms with Gasteiger partial charge in [-0.05, 0) is 12.1 Å². The first-order valence-electron chi connectivity index (χ1n) is 5.62. The van der Waals surface area contributed by atoms with E-state index in [1.54, 1.807) is 0 Å². The fraction of sp³-hybridized carbons (Fsp3) is 0.308. The predicted octanol–water partition coefficient (Wildman–Crippen LogP) is 1.23. The normalized spacial score (nSPS) is 13.4. The summed E-state index contributed by atoms with van der Waals surface area (Å²) in [5.74, 6) is -2.28. The molecule has 0 amide bonds. The van der Waals surface area contributed by atoms with Crippen LogP contribution in [0.4, 0.5) is 0 Å². The van der Waals surface area contributed by atoms with Gasteiger partial charge in [-0.1, -0.05) is 26.0 Å². The number of carboxylic acid groups (broad SMARTS) is 1. The zero-order chi connectivity index (χ0) is 14.2. The lowest BCUT2D eigenvalue weighted by Gasteiger charge is -2.35. The number of fused-ring (bicyclic) bond motifs is 1. The highest BCUT2D eigenvalue weighted by Gasteiger charge is 2.35. The smallest absolute Gasteiger partial charge is 0.103 e. The molecule has 4 nitrogen and oxygen atoms in total. The zero-order valence-corrected chi connectivity index (χ0v) is 12.0. The van der Waals surface area contributed by atoms with Crippen molar-refractivity contribution in [1.82, 2.24) is 4.98 Å². The maximum atomic E-state index is 11.7. The predicted molar refractivity (Wildman–Crippen MR) is 73.5 cm³/mol. The van der Waals surface area contributed by atoms with Crippen molar-refractivity contribution >= 4 is 45.3 Å². The molecule has 1 aromatic carbocycles. The van der Waals surface area contributed by atoms with Crippen molar-refractivity contribution in [1.29, 1.82) is 0 Å². The summed E-state index contributed by atoms with van der Waals surface area (Å²) in [6, 6.07) is 7.37. The van der Waals surface area contributed by atoms with Crippen LogP contribution in [-0.4, -0.2) is 16.1 Å². The number of hydrogen-bond donors (Lipinski definition) is 0. The molecule has 1 atom stereocenters. The Kier molecular flexibility index (Phi) is 3.56. The molecular weight excluding hydrogens is 282 g/mol. The van der Waals surface area contributed by atoms with E-state index in [1.807, 2.05) is 24.3 Å². The summed E-state index contributed by atoms with van der Waals surface area (Å²) in [6.45, 7) is 2.87. The zero-order valence-electron chi connectivity index (χ0n) is 10.4. The second kappa shape index (κ2) is 4.86. The minimum absolute atomic E-state index is 0.426. The molecule has 1 aromatic heterocycles. The van der Waals surface area contributed by atoms with E-state index >= 15 is 0 Å². The molecule has 0 saturated heterocycles. The van der Waals surface area contributed by atoms with Crippen LogP contribution in [0.15, 0.2) is 24.3 Å². The molecule has 0 spiro atoms. The number of carbonyl (C=O) groups excluding carboxylic acids is 2. The lowest BCUT2D eigenvalue weighted by molar-refractivity contribution is -0.318. The lowest BCUT2D eigenvalue weighted by Crippen LogP contribution is -2.44. The maximum absolute atomic E-state index is 11.7. The van der Waals surface area contributed by atoms with E-state index in [4.69, 9.17) is 12.6 Å². The van der Waals surface area contributed by atoms with E-state index in [-0.39, 0.29) is 0 Å². The van der Waals surface area contributed by atoms with Crippen molar-refractivity contribution in [3.8, 4) is 0 Å². The van der Waals surface area contributed by atoms with Crippen molar-refractivity contribution in [3.63, 3.8) is 0 Å². The highest BCUT2D eigenvalue weighted by atomic mass is 32.1. The first-order valence-corrected chi connectivity index (χ1v) is 6.84. The van der Waals surface area contributed by atoms with Gasteiger partial charge in [-0.25, -0.2) is 4.98 Å². The summed E-state index contributed by atoms with van der Waals surface area (Å²) in [6.07, 6.45) is 0. The Bertz CT molecular complexity index is 615. The molecule has 100 valence electrons. The van der Waals surface area contributed by atoms with Gasteiger partial charge in [-0.15, -0.1) is 11.3 Å². The molecule has 1 unspecified atom stereocenters. The molecule has 2 aromatic rings. The number of hydrogen-bond acceptors (Lipinski definition) is 6. The van der Waals surface area contributed by atoms with Crippen molar-refractivity contribution in [2.24, 2.45) is 5.41 Å². The van der Waals surface area contributed by atoms with Crippen LogP contribution in [0, 0.1) is 5.41 Å². The van der Waals surface area contributed by atoms with E-state index in [1.165, 1.54) is 25.2 Å². The monoisotopic (exact) mass is 293 g/mol. The third-order valence-electron chi connectivity index (χ3n) is 3.04. The number of para-hydroxylation sites is 1. The van der Waals surface area contributed by atoms with Crippen LogP contribution in [0.2, 0.25) is 0 Å². The van der Waals surface area contributed by atoms with Crippen LogP contribution in [0.3, 0.4) is 0 Å². The molecule has 0 bridgehead atoms. The number of benzene rings is 1. The fourth-order valence-corrected chi connectivity index (χ4v) is 3.57. The Morgan fingerprint density at radius 3 is 2.53 bits per heavy atom. The molecule has 0 fully saturated rings. The Morgan fingerprint density at radius 1 is 1.37 bits per heavy atom. The lowest BCUT2D eigenvalue weighted by atomic mass is 9.80. The van der Waals surface area contributed by atoms with Crippen LogP contribution in [-0.2, 0) is 22.2 Å². The number of carbonyl (C=O) groups is 2. The Morgan fingerprint density at radius 2 is 2.00 bits per heavy atom. The van der Waals surface area contributed by atoms with E-state index in [2.05, 4.69) is 4.98 Å². The molecule has 0 saturated carbocycles. The molecular formula is C13H11NO3S2-2. The quantitative estimate of drug-likeness (QED) is 0.793. The highest BCUT2D eigenvalue weighted by molar-refractivity contribution is 7.77. The number of nitrogens with zero attached hydrogens (tertiary/aromatic N) is 1. The third-order valence-corrected chi connectivity index (χ3v) is 4.38. The molecule has 0 radical (unpaired) electrons. The Hall–Kier alpha value is -1.53. The van der Waals surface area contributed by atoms with Gasteiger partial charge in [0.25, 0.3) is 0 Å². The average Bonchev–Trinajstić information content (AvgIpc) is 2.70. The number of carboxylic acids is 1. The molecule has 0 N–H and O–H groups in total. The van der Waals surface area contributed by atoms with Gasteiger partial charge in [-0.3, -0.25) is 0 Å². The van der Waals surface area contributed by atoms with Gasteiger partial charge in [0.1, 0.15) is 5.01 Å². The van der Waals surface area contributed by atoms with Crippen LogP contribution in [0.25, 0.3) is 10.2 Å². The van der Waals surface area contributed by atoms with Gasteiger partial charge < -0.3 is 27.3 Å². The van der Waals surface area contributed by atoms with E-state index in [0.717, 1.165) is 10.2 Å². The largest absolute Gasteiger partial charge is 0.741 e. The number of thiazole rings is 1. The molecule has 1 heterocycles. The van der Waals surface area contributed by atoms with Crippen LogP contribution in [0.5, 0.6) is 0 Å². The maximum Gasteiger partial charge on any atom is 0.103 e. The van der Waals surface area contributed by atoms with Gasteiger partial charge in [0.2, 0.25) is 0 Å². The van der Waals surface area contributed by atoms with Crippen molar-refractivity contribution in [2.75, 3.05) is 0 Å². The molecule has 19 heavy (non-hydrogen) atoms. The fourth-order valence-electron chi connectivity index (χ4n) is 1.84. The summed E-state index contributed by atoms with van der Waals surface area (Å²) >= 11 is 5.98.